The topological polar surface area (TPSA) is 34.5 Å². The van der Waals surface area contributed by atoms with Gasteiger partial charge in [-0.15, -0.1) is 0 Å². The molecule has 1 aliphatic rings. The van der Waals surface area contributed by atoms with Gasteiger partial charge in [0, 0.05) is 37.2 Å². The first-order chi connectivity index (χ1) is 11.7. The lowest BCUT2D eigenvalue weighted by Gasteiger charge is -2.28. The molecule has 4 nitrogen and oxygen atoms in total. The van der Waals surface area contributed by atoms with E-state index in [4.69, 9.17) is 4.74 Å². The summed E-state index contributed by atoms with van der Waals surface area (Å²) in [6.07, 6.45) is 2.84. The van der Waals surface area contributed by atoms with Gasteiger partial charge in [0.05, 0.1) is 12.7 Å². The smallest absolute Gasteiger partial charge is 0.256 e. The van der Waals surface area contributed by atoms with Crippen LogP contribution in [0.5, 0.6) is 5.75 Å². The Morgan fingerprint density at radius 2 is 1.92 bits per heavy atom. The second-order valence-corrected chi connectivity index (χ2v) is 6.28. The third kappa shape index (κ3) is 2.35. The van der Waals surface area contributed by atoms with E-state index in [2.05, 4.69) is 18.2 Å². The summed E-state index contributed by atoms with van der Waals surface area (Å²) < 4.78 is 7.32. The van der Waals surface area contributed by atoms with Crippen molar-refractivity contribution in [3.8, 4) is 5.75 Å². The number of aromatic nitrogens is 1. The predicted octanol–water partition coefficient (Wildman–Crippen LogP) is 3.39. The second kappa shape index (κ2) is 5.71. The van der Waals surface area contributed by atoms with E-state index < -0.39 is 0 Å². The zero-order valence-corrected chi connectivity index (χ0v) is 14.0. The fourth-order valence-electron chi connectivity index (χ4n) is 3.51. The Labute approximate surface area is 141 Å². The number of fused-ring (bicyclic) bond motifs is 2. The molecule has 1 amide bonds. The molecule has 0 aliphatic carbocycles. The van der Waals surface area contributed by atoms with Crippen molar-refractivity contribution < 1.29 is 9.53 Å². The van der Waals surface area contributed by atoms with Crippen LogP contribution in [0.15, 0.2) is 48.7 Å². The summed E-state index contributed by atoms with van der Waals surface area (Å²) in [4.78, 5) is 15.0. The van der Waals surface area contributed by atoms with Gasteiger partial charge in [0.2, 0.25) is 0 Å². The molecule has 0 bridgehead atoms. The third-order valence-electron chi connectivity index (χ3n) is 4.84. The number of rotatable bonds is 2. The van der Waals surface area contributed by atoms with Crippen LogP contribution in [0, 0.1) is 0 Å². The highest BCUT2D eigenvalue weighted by Gasteiger charge is 2.24. The minimum Gasteiger partial charge on any atom is -0.497 e. The van der Waals surface area contributed by atoms with Gasteiger partial charge in [-0.05, 0) is 35.7 Å². The zero-order chi connectivity index (χ0) is 16.7. The maximum absolute atomic E-state index is 13.1. The number of amides is 1. The highest BCUT2D eigenvalue weighted by atomic mass is 16.5. The number of hydrogen-bond acceptors (Lipinski definition) is 2. The quantitative estimate of drug-likeness (QED) is 0.725. The first-order valence-electron chi connectivity index (χ1n) is 8.16. The number of methoxy groups -OCH3 is 1. The summed E-state index contributed by atoms with van der Waals surface area (Å²) in [5, 5.41) is 0.945. The largest absolute Gasteiger partial charge is 0.497 e. The Kier molecular flexibility index (Phi) is 3.53. The van der Waals surface area contributed by atoms with E-state index in [9.17, 15) is 4.79 Å². The van der Waals surface area contributed by atoms with Crippen LogP contribution in [-0.4, -0.2) is 29.0 Å². The van der Waals surface area contributed by atoms with Crippen LogP contribution in [-0.2, 0) is 20.0 Å². The van der Waals surface area contributed by atoms with Gasteiger partial charge < -0.3 is 14.2 Å². The number of carbonyl (C=O) groups excluding carboxylic acids is 1. The molecule has 0 atom stereocenters. The van der Waals surface area contributed by atoms with Crippen LogP contribution in [0.4, 0.5) is 0 Å². The molecule has 4 rings (SSSR count). The summed E-state index contributed by atoms with van der Waals surface area (Å²) in [6.45, 7) is 1.44. The van der Waals surface area contributed by atoms with Gasteiger partial charge in [0.25, 0.3) is 5.91 Å². The van der Waals surface area contributed by atoms with Gasteiger partial charge in [-0.1, -0.05) is 24.3 Å². The average Bonchev–Trinajstić information content (AvgIpc) is 2.96. The molecule has 0 saturated heterocycles. The summed E-state index contributed by atoms with van der Waals surface area (Å²) in [6, 6.07) is 14.2. The van der Waals surface area contributed by atoms with Crippen LogP contribution < -0.4 is 4.74 Å². The van der Waals surface area contributed by atoms with E-state index in [0.717, 1.165) is 35.2 Å². The standard InChI is InChI=1S/C20H20N2O2/c1-21-13-18(17-11-16(24-2)7-8-19(17)21)20(23)22-10-9-14-5-3-4-6-15(14)12-22/h3-8,11,13H,9-10,12H2,1-2H3. The maximum Gasteiger partial charge on any atom is 0.256 e. The van der Waals surface area contributed by atoms with E-state index in [0.29, 0.717) is 6.54 Å². The summed E-state index contributed by atoms with van der Waals surface area (Å²) >= 11 is 0. The SMILES string of the molecule is COc1ccc2c(c1)c(C(=O)N1CCc3ccccc3C1)cn2C. The molecule has 1 aliphatic heterocycles. The molecule has 2 aromatic carbocycles. The highest BCUT2D eigenvalue weighted by molar-refractivity contribution is 6.07. The van der Waals surface area contributed by atoms with Crippen molar-refractivity contribution in [1.82, 2.24) is 9.47 Å². The molecule has 0 fully saturated rings. The molecular weight excluding hydrogens is 300 g/mol. The lowest BCUT2D eigenvalue weighted by Crippen LogP contribution is -2.35. The maximum atomic E-state index is 13.1. The van der Waals surface area contributed by atoms with E-state index >= 15 is 0 Å². The molecule has 4 heteroatoms. The molecule has 2 heterocycles. The molecular formula is C20H20N2O2. The van der Waals surface area contributed by atoms with Crippen LogP contribution >= 0.6 is 0 Å². The Balaban J connectivity index is 1.71. The number of ether oxygens (including phenoxy) is 1. The van der Waals surface area contributed by atoms with E-state index in [1.165, 1.54) is 11.1 Å². The lowest BCUT2D eigenvalue weighted by molar-refractivity contribution is 0.0736. The van der Waals surface area contributed by atoms with Crippen LogP contribution in [0.25, 0.3) is 10.9 Å². The zero-order valence-electron chi connectivity index (χ0n) is 14.0. The first kappa shape index (κ1) is 14.8. The number of nitrogens with zero attached hydrogens (tertiary/aromatic N) is 2. The minimum absolute atomic E-state index is 0.0864. The van der Waals surface area contributed by atoms with Crippen molar-refractivity contribution in [1.29, 1.82) is 0 Å². The van der Waals surface area contributed by atoms with E-state index in [1.54, 1.807) is 7.11 Å². The highest BCUT2D eigenvalue weighted by Crippen LogP contribution is 2.28. The fourth-order valence-corrected chi connectivity index (χ4v) is 3.51. The Bertz CT molecular complexity index is 927. The number of hydrogen-bond donors (Lipinski definition) is 0. The fraction of sp³-hybridized carbons (Fsp3) is 0.250. The van der Waals surface area contributed by atoms with Crippen molar-refractivity contribution in [2.24, 2.45) is 7.05 Å². The Morgan fingerprint density at radius 3 is 2.71 bits per heavy atom. The van der Waals surface area contributed by atoms with Gasteiger partial charge in [-0.3, -0.25) is 4.79 Å². The van der Waals surface area contributed by atoms with Crippen molar-refractivity contribution in [3.63, 3.8) is 0 Å². The van der Waals surface area contributed by atoms with Gasteiger partial charge in [-0.25, -0.2) is 0 Å². The molecule has 0 N–H and O–H groups in total. The van der Waals surface area contributed by atoms with Gasteiger partial charge in [0.1, 0.15) is 5.75 Å². The summed E-state index contributed by atoms with van der Waals surface area (Å²) in [5.41, 5.74) is 4.37. The minimum atomic E-state index is 0.0864. The predicted molar refractivity (Wildman–Crippen MR) is 94.4 cm³/mol. The van der Waals surface area contributed by atoms with Crippen LogP contribution in [0.3, 0.4) is 0 Å². The van der Waals surface area contributed by atoms with Crippen molar-refractivity contribution in [2.75, 3.05) is 13.7 Å². The molecule has 0 radical (unpaired) electrons. The van der Waals surface area contributed by atoms with Crippen LogP contribution in [0.2, 0.25) is 0 Å². The molecule has 0 saturated carbocycles. The van der Waals surface area contributed by atoms with E-state index in [1.807, 2.05) is 47.0 Å². The van der Waals surface area contributed by atoms with Crippen molar-refractivity contribution >= 4 is 16.8 Å². The summed E-state index contributed by atoms with van der Waals surface area (Å²) in [5.74, 6) is 0.857. The first-order valence-corrected chi connectivity index (χ1v) is 8.16. The van der Waals surface area contributed by atoms with Gasteiger partial charge >= 0.3 is 0 Å². The Morgan fingerprint density at radius 1 is 1.12 bits per heavy atom. The third-order valence-corrected chi connectivity index (χ3v) is 4.84. The average molecular weight is 320 g/mol. The van der Waals surface area contributed by atoms with Crippen molar-refractivity contribution in [2.45, 2.75) is 13.0 Å². The molecule has 0 spiro atoms. The lowest BCUT2D eigenvalue weighted by atomic mass is 9.99. The van der Waals surface area contributed by atoms with Crippen molar-refractivity contribution in [3.05, 3.63) is 65.4 Å². The Hall–Kier alpha value is -2.75. The summed E-state index contributed by atoms with van der Waals surface area (Å²) in [7, 11) is 3.62. The number of carbonyl (C=O) groups is 1. The molecule has 122 valence electrons. The molecule has 3 aromatic rings. The second-order valence-electron chi connectivity index (χ2n) is 6.28. The number of benzene rings is 2. The van der Waals surface area contributed by atoms with Crippen LogP contribution in [0.1, 0.15) is 21.5 Å². The molecule has 1 aromatic heterocycles. The normalized spacial score (nSPS) is 13.8. The van der Waals surface area contributed by atoms with Gasteiger partial charge in [0.15, 0.2) is 0 Å². The van der Waals surface area contributed by atoms with E-state index in [-0.39, 0.29) is 5.91 Å². The monoisotopic (exact) mass is 320 g/mol. The number of aryl methyl sites for hydroxylation is 1. The molecule has 24 heavy (non-hydrogen) atoms. The van der Waals surface area contributed by atoms with Gasteiger partial charge in [-0.2, -0.15) is 0 Å². The molecule has 0 unspecified atom stereocenters.